The summed E-state index contributed by atoms with van der Waals surface area (Å²) in [4.78, 5) is 21.3. The second-order valence-corrected chi connectivity index (χ2v) is 4.05. The lowest BCUT2D eigenvalue weighted by Gasteiger charge is -2.09. The molecule has 0 bridgehead atoms. The van der Waals surface area contributed by atoms with Gasteiger partial charge in [0.1, 0.15) is 0 Å². The van der Waals surface area contributed by atoms with E-state index >= 15 is 0 Å². The van der Waals surface area contributed by atoms with Crippen LogP contribution in [0.25, 0.3) is 0 Å². The van der Waals surface area contributed by atoms with Gasteiger partial charge >= 0.3 is 0 Å². The Balaban J connectivity index is 2.91. The van der Waals surface area contributed by atoms with Crippen molar-refractivity contribution in [2.45, 2.75) is 13.0 Å². The normalized spacial score (nSPS) is 11.9. The van der Waals surface area contributed by atoms with Gasteiger partial charge in [0.25, 0.3) is 5.69 Å². The molecule has 1 amide bonds. The molecule has 0 aromatic heterocycles. The van der Waals surface area contributed by atoms with Crippen LogP contribution >= 0.6 is 15.9 Å². The lowest BCUT2D eigenvalue weighted by Crippen LogP contribution is -2.32. The average Bonchev–Trinajstić information content (AvgIpc) is 2.20. The number of nitrogens with zero attached hydrogens (tertiary/aromatic N) is 1. The summed E-state index contributed by atoms with van der Waals surface area (Å²) in [5.41, 5.74) is 5.78. The first-order valence-corrected chi connectivity index (χ1v) is 5.21. The van der Waals surface area contributed by atoms with Gasteiger partial charge in [0, 0.05) is 16.6 Å². The third-order valence-electron chi connectivity index (χ3n) is 1.83. The fourth-order valence-corrected chi connectivity index (χ4v) is 1.43. The van der Waals surface area contributed by atoms with E-state index in [1.54, 1.807) is 6.92 Å². The Hall–Kier alpha value is -1.47. The standard InChI is InChI=1S/C9H10BrN3O3/c1-5(11)9(14)12-8-3-2-6(13(15)16)4-7(8)10/h2-5H,11H2,1H3,(H,12,14). The van der Waals surface area contributed by atoms with E-state index < -0.39 is 11.0 Å². The maximum absolute atomic E-state index is 11.3. The van der Waals surface area contributed by atoms with Gasteiger partial charge in [0.2, 0.25) is 5.91 Å². The number of nitrogens with two attached hydrogens (primary N) is 1. The van der Waals surface area contributed by atoms with Gasteiger partial charge in [-0.2, -0.15) is 0 Å². The summed E-state index contributed by atoms with van der Waals surface area (Å²) < 4.78 is 0.440. The van der Waals surface area contributed by atoms with Crippen LogP contribution in [0.5, 0.6) is 0 Å². The molecule has 0 heterocycles. The third kappa shape index (κ3) is 3.01. The van der Waals surface area contributed by atoms with Crippen LogP contribution in [0.1, 0.15) is 6.92 Å². The molecule has 16 heavy (non-hydrogen) atoms. The van der Waals surface area contributed by atoms with Crippen molar-refractivity contribution in [2.24, 2.45) is 5.73 Å². The third-order valence-corrected chi connectivity index (χ3v) is 2.49. The summed E-state index contributed by atoms with van der Waals surface area (Å²) in [5.74, 6) is -0.352. The molecule has 1 aromatic carbocycles. The molecule has 0 radical (unpaired) electrons. The Morgan fingerprint density at radius 1 is 1.62 bits per heavy atom. The minimum Gasteiger partial charge on any atom is -0.324 e. The zero-order valence-corrected chi connectivity index (χ0v) is 10.0. The number of nitrogens with one attached hydrogen (secondary N) is 1. The predicted octanol–water partition coefficient (Wildman–Crippen LogP) is 1.64. The van der Waals surface area contributed by atoms with Gasteiger partial charge in [0.05, 0.1) is 16.7 Å². The van der Waals surface area contributed by atoms with Gasteiger partial charge < -0.3 is 11.1 Å². The molecule has 1 aromatic rings. The zero-order chi connectivity index (χ0) is 12.3. The molecule has 1 atom stereocenters. The summed E-state index contributed by atoms with van der Waals surface area (Å²) in [6.45, 7) is 1.55. The van der Waals surface area contributed by atoms with E-state index in [4.69, 9.17) is 5.73 Å². The molecule has 7 heteroatoms. The van der Waals surface area contributed by atoms with Crippen molar-refractivity contribution < 1.29 is 9.72 Å². The fourth-order valence-electron chi connectivity index (χ4n) is 0.966. The second-order valence-electron chi connectivity index (χ2n) is 3.20. The van der Waals surface area contributed by atoms with Crippen LogP contribution in [0, 0.1) is 10.1 Å². The van der Waals surface area contributed by atoms with Crippen LogP contribution in [0.2, 0.25) is 0 Å². The first-order chi connectivity index (χ1) is 7.41. The van der Waals surface area contributed by atoms with Crippen molar-refractivity contribution >= 4 is 33.2 Å². The second kappa shape index (κ2) is 5.04. The molecule has 3 N–H and O–H groups in total. The Labute approximate surface area is 100 Å². The molecule has 1 unspecified atom stereocenters. The number of nitro benzene ring substituents is 1. The maximum Gasteiger partial charge on any atom is 0.270 e. The van der Waals surface area contributed by atoms with Crippen LogP contribution in [0.4, 0.5) is 11.4 Å². The highest BCUT2D eigenvalue weighted by Gasteiger charge is 2.12. The summed E-state index contributed by atoms with van der Waals surface area (Å²) in [6, 6.07) is 3.43. The van der Waals surface area contributed by atoms with Crippen LogP contribution in [0.3, 0.4) is 0 Å². The lowest BCUT2D eigenvalue weighted by atomic mass is 10.2. The fraction of sp³-hybridized carbons (Fsp3) is 0.222. The highest BCUT2D eigenvalue weighted by Crippen LogP contribution is 2.27. The van der Waals surface area contributed by atoms with Gasteiger partial charge in [-0.3, -0.25) is 14.9 Å². The number of hydrogen-bond donors (Lipinski definition) is 2. The Bertz CT molecular complexity index is 434. The topological polar surface area (TPSA) is 98.3 Å². The number of anilines is 1. The van der Waals surface area contributed by atoms with Gasteiger partial charge in [-0.15, -0.1) is 0 Å². The number of halogens is 1. The van der Waals surface area contributed by atoms with E-state index in [2.05, 4.69) is 21.2 Å². The van der Waals surface area contributed by atoms with Gasteiger partial charge in [-0.05, 0) is 28.9 Å². The van der Waals surface area contributed by atoms with Gasteiger partial charge in [0.15, 0.2) is 0 Å². The van der Waals surface area contributed by atoms with Gasteiger partial charge in [-0.1, -0.05) is 0 Å². The number of benzene rings is 1. The van der Waals surface area contributed by atoms with Crippen LogP contribution in [0.15, 0.2) is 22.7 Å². The zero-order valence-electron chi connectivity index (χ0n) is 8.44. The first kappa shape index (κ1) is 12.6. The van der Waals surface area contributed by atoms with E-state index in [0.717, 1.165) is 0 Å². The minimum absolute atomic E-state index is 0.0503. The summed E-state index contributed by atoms with van der Waals surface area (Å²) in [7, 11) is 0. The number of carbonyl (C=O) groups is 1. The molecule has 0 spiro atoms. The van der Waals surface area contributed by atoms with E-state index in [1.807, 2.05) is 0 Å². The molecule has 1 rings (SSSR count). The smallest absolute Gasteiger partial charge is 0.270 e. The predicted molar refractivity (Wildman–Crippen MR) is 63.1 cm³/mol. The van der Waals surface area contributed by atoms with E-state index in [0.29, 0.717) is 10.2 Å². The van der Waals surface area contributed by atoms with Crippen molar-refractivity contribution in [3.8, 4) is 0 Å². The molecular formula is C9H10BrN3O3. The molecule has 6 nitrogen and oxygen atoms in total. The SMILES string of the molecule is CC(N)C(=O)Nc1ccc([N+](=O)[O-])cc1Br. The molecule has 0 fully saturated rings. The molecule has 0 saturated heterocycles. The highest BCUT2D eigenvalue weighted by atomic mass is 79.9. The Morgan fingerprint density at radius 3 is 2.69 bits per heavy atom. The summed E-state index contributed by atoms with van der Waals surface area (Å²) in [5, 5.41) is 13.0. The number of hydrogen-bond acceptors (Lipinski definition) is 4. The highest BCUT2D eigenvalue weighted by molar-refractivity contribution is 9.10. The first-order valence-electron chi connectivity index (χ1n) is 4.42. The van der Waals surface area contributed by atoms with E-state index in [9.17, 15) is 14.9 Å². The maximum atomic E-state index is 11.3. The quantitative estimate of drug-likeness (QED) is 0.652. The Morgan fingerprint density at radius 2 is 2.25 bits per heavy atom. The largest absolute Gasteiger partial charge is 0.324 e. The van der Waals surface area contributed by atoms with E-state index in [1.165, 1.54) is 18.2 Å². The summed E-state index contributed by atoms with van der Waals surface area (Å²) in [6.07, 6.45) is 0. The van der Waals surface area contributed by atoms with Gasteiger partial charge in [-0.25, -0.2) is 0 Å². The monoisotopic (exact) mass is 287 g/mol. The molecule has 0 aliphatic rings. The number of non-ortho nitro benzene ring substituents is 1. The van der Waals surface area contributed by atoms with Crippen molar-refractivity contribution in [1.82, 2.24) is 0 Å². The molecule has 86 valence electrons. The summed E-state index contributed by atoms with van der Waals surface area (Å²) >= 11 is 3.13. The molecule has 0 saturated carbocycles. The number of rotatable bonds is 3. The number of nitro groups is 1. The van der Waals surface area contributed by atoms with Crippen molar-refractivity contribution in [3.05, 3.63) is 32.8 Å². The number of amides is 1. The minimum atomic E-state index is -0.637. The van der Waals surface area contributed by atoms with Crippen LogP contribution < -0.4 is 11.1 Å². The molecule has 0 aliphatic heterocycles. The average molecular weight is 288 g/mol. The van der Waals surface area contributed by atoms with E-state index in [-0.39, 0.29) is 11.6 Å². The van der Waals surface area contributed by atoms with Crippen molar-refractivity contribution in [1.29, 1.82) is 0 Å². The van der Waals surface area contributed by atoms with Crippen LogP contribution in [-0.2, 0) is 4.79 Å². The number of carbonyl (C=O) groups excluding carboxylic acids is 1. The van der Waals surface area contributed by atoms with Crippen LogP contribution in [-0.4, -0.2) is 16.9 Å². The molecule has 0 aliphatic carbocycles. The van der Waals surface area contributed by atoms with Crippen molar-refractivity contribution in [2.75, 3.05) is 5.32 Å². The van der Waals surface area contributed by atoms with Crippen molar-refractivity contribution in [3.63, 3.8) is 0 Å². The Kier molecular flexibility index (Phi) is 3.97. The lowest BCUT2D eigenvalue weighted by molar-refractivity contribution is -0.384. The molecular weight excluding hydrogens is 278 g/mol.